The quantitative estimate of drug-likeness (QED) is 0.805. The first kappa shape index (κ1) is 15.4. The number of nitrogens with zero attached hydrogens (tertiary/aromatic N) is 1. The number of hydrogen-bond donors (Lipinski definition) is 0. The summed E-state index contributed by atoms with van der Waals surface area (Å²) in [5.41, 5.74) is 1.27. The average Bonchev–Trinajstić information content (AvgIpc) is 2.45. The summed E-state index contributed by atoms with van der Waals surface area (Å²) in [4.78, 5) is 2.38. The second-order valence-corrected chi connectivity index (χ2v) is 6.13. The molecule has 2 bridgehead atoms. The molecule has 2 unspecified atom stereocenters. The van der Waals surface area contributed by atoms with Crippen LogP contribution in [0.5, 0.6) is 5.75 Å². The third-order valence-corrected chi connectivity index (χ3v) is 4.86. The number of alkyl halides is 3. The fourth-order valence-electron chi connectivity index (χ4n) is 3.58. The van der Waals surface area contributed by atoms with Crippen LogP contribution in [0.15, 0.2) is 24.3 Å². The second kappa shape index (κ2) is 5.61. The van der Waals surface area contributed by atoms with E-state index in [0.29, 0.717) is 12.1 Å². The Hall–Kier alpha value is -1.49. The van der Waals surface area contributed by atoms with Gasteiger partial charge in [-0.05, 0) is 49.6 Å². The van der Waals surface area contributed by atoms with Crippen molar-refractivity contribution >= 4 is 5.57 Å². The van der Waals surface area contributed by atoms with Gasteiger partial charge in [-0.25, -0.2) is 0 Å². The highest BCUT2D eigenvalue weighted by molar-refractivity contribution is 5.69. The Kier molecular flexibility index (Phi) is 3.93. The summed E-state index contributed by atoms with van der Waals surface area (Å²) >= 11 is 0. The molecule has 2 nitrogen and oxygen atoms in total. The summed E-state index contributed by atoms with van der Waals surface area (Å²) in [5.74, 6) is -0.102. The average molecular weight is 311 g/mol. The predicted molar refractivity (Wildman–Crippen MR) is 79.8 cm³/mol. The van der Waals surface area contributed by atoms with Gasteiger partial charge < -0.3 is 4.74 Å². The maximum atomic E-state index is 12.9. The van der Waals surface area contributed by atoms with Crippen LogP contribution in [0.1, 0.15) is 36.8 Å². The van der Waals surface area contributed by atoms with Crippen molar-refractivity contribution in [3.05, 3.63) is 35.4 Å². The Labute approximate surface area is 128 Å². The largest absolute Gasteiger partial charge is 0.496 e. The Morgan fingerprint density at radius 1 is 1.23 bits per heavy atom. The van der Waals surface area contributed by atoms with E-state index >= 15 is 0 Å². The zero-order chi connectivity index (χ0) is 15.9. The van der Waals surface area contributed by atoms with Gasteiger partial charge in [0.25, 0.3) is 0 Å². The fourth-order valence-corrected chi connectivity index (χ4v) is 3.58. The molecule has 2 atom stereocenters. The molecule has 0 N–H and O–H groups in total. The maximum Gasteiger partial charge on any atom is 0.419 e. The number of piperidine rings is 1. The van der Waals surface area contributed by atoms with Crippen molar-refractivity contribution in [3.8, 4) is 5.75 Å². The van der Waals surface area contributed by atoms with E-state index in [1.54, 1.807) is 6.07 Å². The molecule has 2 aliphatic rings. The van der Waals surface area contributed by atoms with Gasteiger partial charge in [-0.1, -0.05) is 18.6 Å². The summed E-state index contributed by atoms with van der Waals surface area (Å²) in [6.07, 6.45) is 2.21. The highest BCUT2D eigenvalue weighted by Gasteiger charge is 2.35. The van der Waals surface area contributed by atoms with Crippen LogP contribution in [0.2, 0.25) is 0 Å². The first-order valence-electron chi connectivity index (χ1n) is 7.58. The summed E-state index contributed by atoms with van der Waals surface area (Å²) in [6, 6.07) is 5.11. The van der Waals surface area contributed by atoms with Gasteiger partial charge in [-0.15, -0.1) is 0 Å². The van der Waals surface area contributed by atoms with Gasteiger partial charge in [0.15, 0.2) is 0 Å². The molecule has 1 aromatic rings. The van der Waals surface area contributed by atoms with E-state index in [-0.39, 0.29) is 5.75 Å². The first-order chi connectivity index (χ1) is 10.4. The lowest BCUT2D eigenvalue weighted by Crippen LogP contribution is -2.45. The molecular formula is C17H20F3NO. The van der Waals surface area contributed by atoms with E-state index in [1.807, 2.05) is 0 Å². The Balaban J connectivity index is 1.96. The predicted octanol–water partition coefficient (Wildman–Crippen LogP) is 4.35. The smallest absolute Gasteiger partial charge is 0.419 e. The lowest BCUT2D eigenvalue weighted by atomic mass is 9.83. The standard InChI is InChI=1S/C17H20F3NO/c1-21-13-4-3-5-14(21)9-12(8-13)11-6-7-15(17(18,19)20)16(10-11)22-2/h6-8,10,13-14H,3-5,9H2,1-2H3. The molecule has 1 aromatic carbocycles. The second-order valence-electron chi connectivity index (χ2n) is 6.13. The zero-order valence-electron chi connectivity index (χ0n) is 12.8. The molecule has 22 heavy (non-hydrogen) atoms. The number of ether oxygens (including phenoxy) is 1. The number of rotatable bonds is 2. The van der Waals surface area contributed by atoms with Crippen molar-refractivity contribution in [1.29, 1.82) is 0 Å². The lowest BCUT2D eigenvalue weighted by molar-refractivity contribution is -0.138. The number of halogens is 3. The van der Waals surface area contributed by atoms with E-state index in [4.69, 9.17) is 4.74 Å². The van der Waals surface area contributed by atoms with Gasteiger partial charge in [0.1, 0.15) is 5.75 Å². The van der Waals surface area contributed by atoms with Crippen LogP contribution in [-0.4, -0.2) is 31.1 Å². The van der Waals surface area contributed by atoms with Gasteiger partial charge in [-0.3, -0.25) is 4.90 Å². The summed E-state index contributed by atoms with van der Waals surface area (Å²) < 4.78 is 43.8. The van der Waals surface area contributed by atoms with Crippen LogP contribution < -0.4 is 4.74 Å². The maximum absolute atomic E-state index is 12.9. The number of likely N-dealkylation sites (N-methyl/N-ethyl adjacent to an activating group) is 1. The zero-order valence-corrected chi connectivity index (χ0v) is 12.8. The van der Waals surface area contributed by atoms with Gasteiger partial charge in [0.2, 0.25) is 0 Å². The Morgan fingerprint density at radius 3 is 2.64 bits per heavy atom. The molecule has 2 heterocycles. The minimum atomic E-state index is -4.39. The molecule has 0 saturated carbocycles. The molecule has 0 radical (unpaired) electrons. The van der Waals surface area contributed by atoms with Crippen LogP contribution in [-0.2, 0) is 6.18 Å². The molecule has 2 aliphatic heterocycles. The van der Waals surface area contributed by atoms with E-state index in [9.17, 15) is 13.2 Å². The lowest BCUT2D eigenvalue weighted by Gasteiger charge is -2.42. The Morgan fingerprint density at radius 2 is 2.00 bits per heavy atom. The normalized spacial score (nSPS) is 25.8. The molecule has 1 saturated heterocycles. The number of fused-ring (bicyclic) bond motifs is 2. The van der Waals surface area contributed by atoms with Crippen LogP contribution in [0, 0.1) is 0 Å². The van der Waals surface area contributed by atoms with Crippen molar-refractivity contribution in [2.24, 2.45) is 0 Å². The molecular weight excluding hydrogens is 291 g/mol. The van der Waals surface area contributed by atoms with Crippen molar-refractivity contribution in [3.63, 3.8) is 0 Å². The van der Waals surface area contributed by atoms with Gasteiger partial charge in [-0.2, -0.15) is 13.2 Å². The monoisotopic (exact) mass is 311 g/mol. The van der Waals surface area contributed by atoms with Crippen molar-refractivity contribution < 1.29 is 17.9 Å². The van der Waals surface area contributed by atoms with E-state index in [0.717, 1.165) is 36.5 Å². The summed E-state index contributed by atoms with van der Waals surface area (Å²) in [7, 11) is 3.42. The molecule has 0 amide bonds. The minimum Gasteiger partial charge on any atom is -0.496 e. The highest BCUT2D eigenvalue weighted by Crippen LogP contribution is 2.40. The molecule has 120 valence electrons. The van der Waals surface area contributed by atoms with Gasteiger partial charge in [0, 0.05) is 12.1 Å². The first-order valence-corrected chi connectivity index (χ1v) is 7.58. The van der Waals surface area contributed by atoms with Crippen molar-refractivity contribution in [2.75, 3.05) is 14.2 Å². The summed E-state index contributed by atoms with van der Waals surface area (Å²) in [6.45, 7) is 0. The van der Waals surface area contributed by atoms with E-state index in [2.05, 4.69) is 18.0 Å². The van der Waals surface area contributed by atoms with Gasteiger partial charge in [0.05, 0.1) is 12.7 Å². The number of methoxy groups -OCH3 is 1. The van der Waals surface area contributed by atoms with Crippen LogP contribution in [0.4, 0.5) is 13.2 Å². The number of benzene rings is 1. The molecule has 0 spiro atoms. The Bertz CT molecular complexity index is 594. The molecule has 1 fully saturated rings. The molecule has 3 rings (SSSR count). The third kappa shape index (κ3) is 2.74. The van der Waals surface area contributed by atoms with Crippen molar-refractivity contribution in [1.82, 2.24) is 4.90 Å². The third-order valence-electron chi connectivity index (χ3n) is 4.86. The number of hydrogen-bond acceptors (Lipinski definition) is 2. The topological polar surface area (TPSA) is 12.5 Å². The molecule has 0 aliphatic carbocycles. The SMILES string of the molecule is COc1cc(C2=CC3CCCC(C2)N3C)ccc1C(F)(F)F. The van der Waals surface area contributed by atoms with E-state index < -0.39 is 11.7 Å². The van der Waals surface area contributed by atoms with E-state index in [1.165, 1.54) is 19.6 Å². The van der Waals surface area contributed by atoms with Gasteiger partial charge >= 0.3 is 6.18 Å². The van der Waals surface area contributed by atoms with Crippen LogP contribution in [0.3, 0.4) is 0 Å². The van der Waals surface area contributed by atoms with Crippen LogP contribution in [0.25, 0.3) is 5.57 Å². The summed E-state index contributed by atoms with van der Waals surface area (Å²) in [5, 5.41) is 0. The highest BCUT2D eigenvalue weighted by atomic mass is 19.4. The minimum absolute atomic E-state index is 0.102. The van der Waals surface area contributed by atoms with Crippen LogP contribution >= 0.6 is 0 Å². The molecule has 0 aromatic heterocycles. The molecule has 5 heteroatoms. The van der Waals surface area contributed by atoms with Crippen molar-refractivity contribution in [2.45, 2.75) is 43.9 Å². The fraction of sp³-hybridized carbons (Fsp3) is 0.529.